The number of nitrogens with zero attached hydrogens (tertiary/aromatic N) is 2. The first-order chi connectivity index (χ1) is 14.1. The summed E-state index contributed by atoms with van der Waals surface area (Å²) in [5.41, 5.74) is 4.82. The van der Waals surface area contributed by atoms with E-state index in [9.17, 15) is 10.1 Å². The van der Waals surface area contributed by atoms with Gasteiger partial charge >= 0.3 is 0 Å². The van der Waals surface area contributed by atoms with Crippen molar-refractivity contribution in [3.05, 3.63) is 107 Å². The number of amides is 1. The van der Waals surface area contributed by atoms with Crippen LogP contribution in [0.4, 0.5) is 11.4 Å². The van der Waals surface area contributed by atoms with Gasteiger partial charge < -0.3 is 10.2 Å². The smallest absolute Gasteiger partial charge is 0.267 e. The molecule has 144 valence electrons. The lowest BCUT2D eigenvalue weighted by Crippen LogP contribution is -2.21. The molecule has 0 unspecified atom stereocenters. The average Bonchev–Trinajstić information content (AvgIpc) is 2.74. The average molecular weight is 381 g/mol. The van der Waals surface area contributed by atoms with Crippen LogP contribution in [0.1, 0.15) is 16.7 Å². The van der Waals surface area contributed by atoms with E-state index in [-0.39, 0.29) is 5.57 Å². The van der Waals surface area contributed by atoms with E-state index in [2.05, 4.69) is 5.32 Å². The van der Waals surface area contributed by atoms with Crippen molar-refractivity contribution < 1.29 is 4.79 Å². The lowest BCUT2D eigenvalue weighted by Gasteiger charge is -2.21. The maximum Gasteiger partial charge on any atom is 0.267 e. The zero-order chi connectivity index (χ0) is 20.6. The van der Waals surface area contributed by atoms with Crippen molar-refractivity contribution in [3.63, 3.8) is 0 Å². The Bertz CT molecular complexity index is 1050. The van der Waals surface area contributed by atoms with Gasteiger partial charge in [0.2, 0.25) is 0 Å². The molecule has 0 atom stereocenters. The number of para-hydroxylation sites is 1. The Morgan fingerprint density at radius 1 is 1.00 bits per heavy atom. The van der Waals surface area contributed by atoms with Gasteiger partial charge in [-0.05, 0) is 43.2 Å². The van der Waals surface area contributed by atoms with Gasteiger partial charge in [0.25, 0.3) is 5.91 Å². The summed E-state index contributed by atoms with van der Waals surface area (Å²) in [4.78, 5) is 14.7. The van der Waals surface area contributed by atoms with Gasteiger partial charge in [-0.2, -0.15) is 5.26 Å². The Labute approximate surface area is 171 Å². The number of nitrogens with one attached hydrogen (secondary N) is 1. The number of hydrogen-bond acceptors (Lipinski definition) is 3. The number of carbonyl (C=O) groups is 1. The van der Waals surface area contributed by atoms with Crippen LogP contribution in [0.2, 0.25) is 0 Å². The molecule has 0 bridgehead atoms. The largest absolute Gasteiger partial charge is 0.342 e. The van der Waals surface area contributed by atoms with E-state index in [1.54, 1.807) is 6.20 Å². The van der Waals surface area contributed by atoms with Crippen molar-refractivity contribution in [1.29, 1.82) is 5.26 Å². The highest BCUT2D eigenvalue weighted by atomic mass is 16.1. The summed E-state index contributed by atoms with van der Waals surface area (Å²) >= 11 is 0. The third-order valence-electron chi connectivity index (χ3n) is 4.56. The number of hydrogen-bond donors (Lipinski definition) is 1. The molecule has 3 aromatic carbocycles. The Hall–Kier alpha value is -3.84. The molecule has 1 amide bonds. The van der Waals surface area contributed by atoms with E-state index < -0.39 is 5.91 Å². The van der Waals surface area contributed by atoms with Crippen LogP contribution in [0.5, 0.6) is 0 Å². The van der Waals surface area contributed by atoms with Crippen molar-refractivity contribution in [2.75, 3.05) is 10.2 Å². The van der Waals surface area contributed by atoms with E-state index in [0.717, 1.165) is 22.4 Å². The van der Waals surface area contributed by atoms with Crippen LogP contribution in [0.15, 0.2) is 90.6 Å². The second kappa shape index (κ2) is 9.38. The maximum absolute atomic E-state index is 12.8. The first-order valence-electron chi connectivity index (χ1n) is 9.43. The predicted octanol–water partition coefficient (Wildman–Crippen LogP) is 5.36. The molecule has 0 saturated carbocycles. The van der Waals surface area contributed by atoms with Crippen LogP contribution in [-0.4, -0.2) is 5.91 Å². The molecule has 3 aromatic rings. The van der Waals surface area contributed by atoms with Gasteiger partial charge in [-0.1, -0.05) is 66.2 Å². The van der Waals surface area contributed by atoms with E-state index >= 15 is 0 Å². The summed E-state index contributed by atoms with van der Waals surface area (Å²) in [7, 11) is 0. The fraction of sp³-hybridized carbons (Fsp3) is 0.120. The number of rotatable bonds is 6. The fourth-order valence-corrected chi connectivity index (χ4v) is 3.05. The Morgan fingerprint density at radius 3 is 2.28 bits per heavy atom. The Morgan fingerprint density at radius 2 is 1.66 bits per heavy atom. The van der Waals surface area contributed by atoms with E-state index in [1.807, 2.05) is 104 Å². The summed E-state index contributed by atoms with van der Waals surface area (Å²) in [6.45, 7) is 4.48. The highest BCUT2D eigenvalue weighted by molar-refractivity contribution is 6.07. The number of nitriles is 1. The molecule has 0 aliphatic heterocycles. The predicted molar refractivity (Wildman–Crippen MR) is 117 cm³/mol. The molecular formula is C25H23N3O. The molecule has 0 aromatic heterocycles. The Kier molecular flexibility index (Phi) is 6.44. The third-order valence-corrected chi connectivity index (χ3v) is 4.56. The molecule has 0 radical (unpaired) electrons. The zero-order valence-electron chi connectivity index (χ0n) is 16.6. The van der Waals surface area contributed by atoms with Crippen LogP contribution in [0.3, 0.4) is 0 Å². The SMILES string of the molecule is Cc1ccc(NC(=O)/C(C#N)=C\N(Cc2ccccc2)c2ccccc2)c(C)c1. The second-order valence-corrected chi connectivity index (χ2v) is 6.88. The molecule has 3 rings (SSSR count). The molecule has 1 N–H and O–H groups in total. The molecule has 4 nitrogen and oxygen atoms in total. The lowest BCUT2D eigenvalue weighted by molar-refractivity contribution is -0.112. The van der Waals surface area contributed by atoms with Crippen LogP contribution in [-0.2, 0) is 11.3 Å². The highest BCUT2D eigenvalue weighted by Gasteiger charge is 2.14. The van der Waals surface area contributed by atoms with Gasteiger partial charge in [-0.15, -0.1) is 0 Å². The van der Waals surface area contributed by atoms with Crippen LogP contribution in [0.25, 0.3) is 0 Å². The van der Waals surface area contributed by atoms with Crippen molar-refractivity contribution >= 4 is 17.3 Å². The van der Waals surface area contributed by atoms with Crippen molar-refractivity contribution in [2.24, 2.45) is 0 Å². The van der Waals surface area contributed by atoms with Gasteiger partial charge in [0.05, 0.1) is 0 Å². The number of anilines is 2. The summed E-state index contributed by atoms with van der Waals surface area (Å²) in [5.74, 6) is -0.423. The van der Waals surface area contributed by atoms with Crippen molar-refractivity contribution in [3.8, 4) is 6.07 Å². The van der Waals surface area contributed by atoms with Crippen LogP contribution in [0, 0.1) is 25.2 Å². The van der Waals surface area contributed by atoms with Crippen LogP contribution < -0.4 is 10.2 Å². The van der Waals surface area contributed by atoms with Crippen molar-refractivity contribution in [2.45, 2.75) is 20.4 Å². The standard InChI is InChI=1S/C25H23N3O/c1-19-13-14-24(20(2)15-19)27-25(29)22(16-26)18-28(23-11-7-4-8-12-23)17-21-9-5-3-6-10-21/h3-15,18H,17H2,1-2H3,(H,27,29)/b22-18-. The molecule has 4 heteroatoms. The molecular weight excluding hydrogens is 358 g/mol. The van der Waals surface area contributed by atoms with Gasteiger partial charge in [0.15, 0.2) is 0 Å². The maximum atomic E-state index is 12.8. The van der Waals surface area contributed by atoms with E-state index in [0.29, 0.717) is 12.2 Å². The fourth-order valence-electron chi connectivity index (χ4n) is 3.05. The van der Waals surface area contributed by atoms with Gasteiger partial charge in [-0.3, -0.25) is 4.79 Å². The molecule has 0 heterocycles. The summed E-state index contributed by atoms with van der Waals surface area (Å²) in [6, 6.07) is 27.5. The van der Waals surface area contributed by atoms with E-state index in [4.69, 9.17) is 0 Å². The normalized spacial score (nSPS) is 10.9. The minimum absolute atomic E-state index is 0.0461. The van der Waals surface area contributed by atoms with Gasteiger partial charge in [-0.25, -0.2) is 0 Å². The number of aryl methyl sites for hydroxylation is 2. The first kappa shape index (κ1) is 19.9. The molecule has 0 fully saturated rings. The topological polar surface area (TPSA) is 56.1 Å². The van der Waals surface area contributed by atoms with Gasteiger partial charge in [0.1, 0.15) is 11.6 Å². The Balaban J connectivity index is 1.89. The third kappa shape index (κ3) is 5.33. The van der Waals surface area contributed by atoms with Gasteiger partial charge in [0, 0.05) is 24.1 Å². The number of benzene rings is 3. The zero-order valence-corrected chi connectivity index (χ0v) is 16.6. The molecule has 29 heavy (non-hydrogen) atoms. The minimum Gasteiger partial charge on any atom is -0.342 e. The minimum atomic E-state index is -0.423. The van der Waals surface area contributed by atoms with E-state index in [1.165, 1.54) is 0 Å². The molecule has 0 spiro atoms. The molecule has 0 aliphatic carbocycles. The second-order valence-electron chi connectivity index (χ2n) is 6.88. The monoisotopic (exact) mass is 381 g/mol. The molecule has 0 saturated heterocycles. The first-order valence-corrected chi connectivity index (χ1v) is 9.43. The summed E-state index contributed by atoms with van der Waals surface area (Å²) in [5, 5.41) is 12.5. The highest BCUT2D eigenvalue weighted by Crippen LogP contribution is 2.20. The number of carbonyl (C=O) groups excluding carboxylic acids is 1. The molecule has 0 aliphatic rings. The summed E-state index contributed by atoms with van der Waals surface area (Å²) in [6.07, 6.45) is 1.61. The summed E-state index contributed by atoms with van der Waals surface area (Å²) < 4.78 is 0. The quantitative estimate of drug-likeness (QED) is 0.462. The lowest BCUT2D eigenvalue weighted by atomic mass is 10.1. The van der Waals surface area contributed by atoms with Crippen molar-refractivity contribution in [1.82, 2.24) is 0 Å². The van der Waals surface area contributed by atoms with Crippen LogP contribution >= 0.6 is 0 Å².